The molecule has 0 aliphatic rings. The maximum absolute atomic E-state index is 5.50. The van der Waals surface area contributed by atoms with Crippen molar-refractivity contribution in [2.75, 3.05) is 20.7 Å². The molecule has 0 radical (unpaired) electrons. The van der Waals surface area contributed by atoms with E-state index in [0.29, 0.717) is 19.0 Å². The molecule has 24 heavy (non-hydrogen) atoms. The average Bonchev–Trinajstić information content (AvgIpc) is 2.99. The molecule has 2 heterocycles. The number of aryl methyl sites for hydroxylation is 1. The van der Waals surface area contributed by atoms with E-state index in [1.807, 2.05) is 44.7 Å². The zero-order valence-electron chi connectivity index (χ0n) is 15.0. The lowest BCUT2D eigenvalue weighted by molar-refractivity contribution is 0.305. The van der Waals surface area contributed by atoms with Crippen molar-refractivity contribution in [1.29, 1.82) is 0 Å². The summed E-state index contributed by atoms with van der Waals surface area (Å²) >= 11 is 0. The third kappa shape index (κ3) is 5.01. The monoisotopic (exact) mass is 329 g/mol. The molecule has 6 heteroatoms. The Balaban J connectivity index is 1.87. The minimum atomic E-state index is 0.672. The van der Waals surface area contributed by atoms with Gasteiger partial charge in [-0.05, 0) is 24.1 Å². The summed E-state index contributed by atoms with van der Waals surface area (Å²) in [5.41, 5.74) is 2.33. The highest BCUT2D eigenvalue weighted by atomic mass is 16.5. The molecular weight excluding hydrogens is 302 g/mol. The first-order chi connectivity index (χ1) is 11.6. The van der Waals surface area contributed by atoms with Gasteiger partial charge in [-0.15, -0.1) is 0 Å². The van der Waals surface area contributed by atoms with Crippen LogP contribution in [0, 0.1) is 0 Å². The van der Waals surface area contributed by atoms with Crippen molar-refractivity contribution in [1.82, 2.24) is 19.8 Å². The van der Waals surface area contributed by atoms with Gasteiger partial charge >= 0.3 is 0 Å². The molecule has 0 aliphatic carbocycles. The van der Waals surface area contributed by atoms with Crippen LogP contribution in [-0.2, 0) is 20.1 Å². The molecule has 0 amide bonds. The van der Waals surface area contributed by atoms with Crippen LogP contribution in [0.3, 0.4) is 0 Å². The van der Waals surface area contributed by atoms with Gasteiger partial charge in [-0.3, -0.25) is 4.99 Å². The normalized spacial score (nSPS) is 11.4. The topological polar surface area (TPSA) is 54.7 Å². The molecule has 0 aromatic carbocycles. The third-order valence-corrected chi connectivity index (χ3v) is 3.73. The van der Waals surface area contributed by atoms with Gasteiger partial charge in [-0.25, -0.2) is 4.98 Å². The summed E-state index contributed by atoms with van der Waals surface area (Å²) in [4.78, 5) is 10.8. The minimum Gasteiger partial charge on any atom is -0.478 e. The molecule has 0 atom stereocenters. The van der Waals surface area contributed by atoms with Gasteiger partial charge in [0.25, 0.3) is 0 Å². The zero-order valence-corrected chi connectivity index (χ0v) is 15.0. The molecule has 2 rings (SSSR count). The first-order valence-corrected chi connectivity index (χ1v) is 8.23. The van der Waals surface area contributed by atoms with Crippen LogP contribution in [-0.4, -0.2) is 41.1 Å². The fourth-order valence-electron chi connectivity index (χ4n) is 2.35. The molecule has 0 spiro atoms. The molecule has 0 aliphatic heterocycles. The Morgan fingerprint density at radius 3 is 2.79 bits per heavy atom. The van der Waals surface area contributed by atoms with Crippen molar-refractivity contribution in [3.05, 3.63) is 47.9 Å². The molecular formula is C18H27N5O. The lowest BCUT2D eigenvalue weighted by Crippen LogP contribution is -2.38. The van der Waals surface area contributed by atoms with Crippen LogP contribution in [0.4, 0.5) is 0 Å². The summed E-state index contributed by atoms with van der Waals surface area (Å²) in [6.45, 7) is 4.24. The number of ether oxygens (including phenoxy) is 1. The molecule has 1 N–H and O–H groups in total. The van der Waals surface area contributed by atoms with Crippen molar-refractivity contribution >= 4 is 5.96 Å². The molecule has 130 valence electrons. The molecule has 0 bridgehead atoms. The Bertz CT molecular complexity index is 648. The molecule has 2 aromatic rings. The van der Waals surface area contributed by atoms with Crippen molar-refractivity contribution in [2.24, 2.45) is 12.0 Å². The van der Waals surface area contributed by atoms with E-state index < -0.39 is 0 Å². The minimum absolute atomic E-state index is 0.672. The van der Waals surface area contributed by atoms with Gasteiger partial charge in [0, 0.05) is 51.8 Å². The van der Waals surface area contributed by atoms with Crippen LogP contribution < -0.4 is 10.1 Å². The Kier molecular flexibility index (Phi) is 6.66. The van der Waals surface area contributed by atoms with Crippen molar-refractivity contribution in [3.8, 4) is 5.88 Å². The SMILES string of the molecule is CCCOc1ccc(CNC(=NC)N(C)Cc2cccn2C)cn1. The molecule has 0 fully saturated rings. The lowest BCUT2D eigenvalue weighted by atomic mass is 10.3. The average molecular weight is 329 g/mol. The van der Waals surface area contributed by atoms with Crippen LogP contribution in [0.1, 0.15) is 24.6 Å². The number of aliphatic imine (C=N–C) groups is 1. The maximum Gasteiger partial charge on any atom is 0.213 e. The summed E-state index contributed by atoms with van der Waals surface area (Å²) in [5.74, 6) is 1.52. The summed E-state index contributed by atoms with van der Waals surface area (Å²) < 4.78 is 7.61. The van der Waals surface area contributed by atoms with Crippen LogP contribution >= 0.6 is 0 Å². The fourth-order valence-corrected chi connectivity index (χ4v) is 2.35. The molecule has 2 aromatic heterocycles. The van der Waals surface area contributed by atoms with Gasteiger partial charge in [-0.2, -0.15) is 0 Å². The molecule has 6 nitrogen and oxygen atoms in total. The van der Waals surface area contributed by atoms with E-state index in [4.69, 9.17) is 4.74 Å². The number of hydrogen-bond acceptors (Lipinski definition) is 3. The fraction of sp³-hybridized carbons (Fsp3) is 0.444. The second kappa shape index (κ2) is 8.96. The van der Waals surface area contributed by atoms with Gasteiger partial charge in [0.15, 0.2) is 5.96 Å². The Morgan fingerprint density at radius 1 is 1.38 bits per heavy atom. The standard InChI is InChI=1S/C18H27N5O/c1-5-11-24-17-9-8-15(12-20-17)13-21-18(19-2)23(4)14-16-7-6-10-22(16)3/h6-10,12H,5,11,13-14H2,1-4H3,(H,19,21). The highest BCUT2D eigenvalue weighted by Crippen LogP contribution is 2.08. The molecule has 0 unspecified atom stereocenters. The van der Waals surface area contributed by atoms with Crippen molar-refractivity contribution in [3.63, 3.8) is 0 Å². The molecule has 0 saturated heterocycles. The van der Waals surface area contributed by atoms with Crippen LogP contribution in [0.15, 0.2) is 41.7 Å². The van der Waals surface area contributed by atoms with E-state index in [1.165, 1.54) is 5.69 Å². The largest absolute Gasteiger partial charge is 0.478 e. The van der Waals surface area contributed by atoms with Crippen LogP contribution in [0.2, 0.25) is 0 Å². The second-order valence-corrected chi connectivity index (χ2v) is 5.72. The Morgan fingerprint density at radius 2 is 2.21 bits per heavy atom. The van der Waals surface area contributed by atoms with Crippen LogP contribution in [0.25, 0.3) is 0 Å². The number of pyridine rings is 1. The number of guanidine groups is 1. The predicted molar refractivity (Wildman–Crippen MR) is 97.1 cm³/mol. The van der Waals surface area contributed by atoms with E-state index in [0.717, 1.165) is 24.5 Å². The van der Waals surface area contributed by atoms with E-state index in [2.05, 4.69) is 37.8 Å². The first-order valence-electron chi connectivity index (χ1n) is 8.23. The summed E-state index contributed by atoms with van der Waals surface area (Å²) in [6, 6.07) is 8.09. The Labute approximate surface area is 144 Å². The lowest BCUT2D eigenvalue weighted by Gasteiger charge is -2.22. The van der Waals surface area contributed by atoms with E-state index >= 15 is 0 Å². The van der Waals surface area contributed by atoms with Gasteiger partial charge in [0.2, 0.25) is 5.88 Å². The van der Waals surface area contributed by atoms with Crippen molar-refractivity contribution in [2.45, 2.75) is 26.4 Å². The number of nitrogens with one attached hydrogen (secondary N) is 1. The number of hydrogen-bond donors (Lipinski definition) is 1. The smallest absolute Gasteiger partial charge is 0.213 e. The van der Waals surface area contributed by atoms with E-state index in [9.17, 15) is 0 Å². The number of rotatable bonds is 7. The highest BCUT2D eigenvalue weighted by molar-refractivity contribution is 5.79. The number of aromatic nitrogens is 2. The van der Waals surface area contributed by atoms with Crippen LogP contribution in [0.5, 0.6) is 5.88 Å². The highest BCUT2D eigenvalue weighted by Gasteiger charge is 2.08. The zero-order chi connectivity index (χ0) is 17.4. The first kappa shape index (κ1) is 17.8. The van der Waals surface area contributed by atoms with Gasteiger partial charge in [0.1, 0.15) is 0 Å². The quantitative estimate of drug-likeness (QED) is 0.626. The summed E-state index contributed by atoms with van der Waals surface area (Å²) in [7, 11) is 5.87. The van der Waals surface area contributed by atoms with E-state index in [1.54, 1.807) is 7.05 Å². The Hall–Kier alpha value is -2.50. The van der Waals surface area contributed by atoms with E-state index in [-0.39, 0.29) is 0 Å². The van der Waals surface area contributed by atoms with Gasteiger partial charge in [0.05, 0.1) is 13.2 Å². The predicted octanol–water partition coefficient (Wildman–Crippen LogP) is 2.42. The second-order valence-electron chi connectivity index (χ2n) is 5.72. The van der Waals surface area contributed by atoms with Gasteiger partial charge in [-0.1, -0.05) is 13.0 Å². The van der Waals surface area contributed by atoms with Gasteiger partial charge < -0.3 is 19.5 Å². The van der Waals surface area contributed by atoms with Crippen molar-refractivity contribution < 1.29 is 4.74 Å². The number of nitrogens with zero attached hydrogens (tertiary/aromatic N) is 4. The third-order valence-electron chi connectivity index (χ3n) is 3.73. The summed E-state index contributed by atoms with van der Waals surface area (Å²) in [6.07, 6.45) is 4.87. The maximum atomic E-state index is 5.50. The molecule has 0 saturated carbocycles. The summed E-state index contributed by atoms with van der Waals surface area (Å²) in [5, 5.41) is 3.37.